The summed E-state index contributed by atoms with van der Waals surface area (Å²) in [5, 5.41) is 14.9. The second kappa shape index (κ2) is 8.15. The summed E-state index contributed by atoms with van der Waals surface area (Å²) in [7, 11) is 0. The fourth-order valence-electron chi connectivity index (χ4n) is 3.15. The molecule has 0 bridgehead atoms. The summed E-state index contributed by atoms with van der Waals surface area (Å²) in [5.74, 6) is -1.25. The fraction of sp³-hybridized carbons (Fsp3) is 0.812. The summed E-state index contributed by atoms with van der Waals surface area (Å²) in [6.07, 6.45) is 4.88. The minimum atomic E-state index is -0.938. The van der Waals surface area contributed by atoms with Gasteiger partial charge in [-0.25, -0.2) is 0 Å². The van der Waals surface area contributed by atoms with Crippen LogP contribution in [-0.2, 0) is 14.4 Å². The molecule has 1 aliphatic carbocycles. The van der Waals surface area contributed by atoms with Crippen LogP contribution in [0.3, 0.4) is 0 Å². The molecule has 1 aliphatic rings. The van der Waals surface area contributed by atoms with Crippen LogP contribution in [0.2, 0.25) is 0 Å². The topological polar surface area (TPSA) is 95.5 Å². The van der Waals surface area contributed by atoms with E-state index in [0.717, 1.165) is 25.7 Å². The Kier molecular flexibility index (Phi) is 6.84. The Bertz CT molecular complexity index is 412. The first-order valence-electron chi connectivity index (χ1n) is 8.14. The molecule has 1 saturated carbocycles. The molecule has 0 aromatic heterocycles. The molecule has 126 valence electrons. The maximum Gasteiger partial charge on any atom is 0.311 e. The first-order chi connectivity index (χ1) is 10.4. The van der Waals surface area contributed by atoms with Gasteiger partial charge in [0, 0.05) is 13.5 Å². The second-order valence-electron chi connectivity index (χ2n) is 6.23. The van der Waals surface area contributed by atoms with Crippen LogP contribution in [0.25, 0.3) is 0 Å². The van der Waals surface area contributed by atoms with Crippen LogP contribution in [0, 0.1) is 11.3 Å². The lowest BCUT2D eigenvalue weighted by molar-refractivity contribution is -0.149. The zero-order chi connectivity index (χ0) is 16.8. The molecule has 0 aliphatic heterocycles. The molecular weight excluding hydrogens is 284 g/mol. The fourth-order valence-corrected chi connectivity index (χ4v) is 3.15. The average Bonchev–Trinajstić information content (AvgIpc) is 2.99. The molecule has 0 saturated heterocycles. The second-order valence-corrected chi connectivity index (χ2v) is 6.23. The number of aliphatic carboxylic acids is 1. The Morgan fingerprint density at radius 1 is 1.18 bits per heavy atom. The van der Waals surface area contributed by atoms with E-state index in [2.05, 4.69) is 10.6 Å². The summed E-state index contributed by atoms with van der Waals surface area (Å²) in [4.78, 5) is 35.3. The minimum absolute atomic E-state index is 0.0942. The van der Waals surface area contributed by atoms with E-state index in [0.29, 0.717) is 12.8 Å². The lowest BCUT2D eigenvalue weighted by Gasteiger charge is -2.29. The summed E-state index contributed by atoms with van der Waals surface area (Å²) in [6, 6.07) is -0.555. The number of carboxylic acids is 1. The number of carbonyl (C=O) groups is 3. The molecule has 0 heterocycles. The molecule has 1 fully saturated rings. The highest BCUT2D eigenvalue weighted by Crippen LogP contribution is 2.29. The number of carboxylic acid groups (broad SMARTS) is 1. The highest BCUT2D eigenvalue weighted by atomic mass is 16.4. The van der Waals surface area contributed by atoms with Crippen LogP contribution in [-0.4, -0.2) is 35.5 Å². The molecule has 3 N–H and O–H groups in total. The quantitative estimate of drug-likeness (QED) is 0.635. The van der Waals surface area contributed by atoms with Gasteiger partial charge in [0.05, 0.1) is 5.41 Å². The van der Waals surface area contributed by atoms with Crippen molar-refractivity contribution in [2.24, 2.45) is 11.3 Å². The molecule has 0 spiro atoms. The SMILES string of the molecule is CCC(CC)(CNC(=O)C(NC(C)=O)C1CCCC1)C(=O)O. The zero-order valence-corrected chi connectivity index (χ0v) is 13.8. The Labute approximate surface area is 132 Å². The molecule has 0 aromatic carbocycles. The van der Waals surface area contributed by atoms with E-state index in [-0.39, 0.29) is 24.3 Å². The molecule has 6 heteroatoms. The van der Waals surface area contributed by atoms with Gasteiger partial charge in [0.15, 0.2) is 0 Å². The molecule has 1 rings (SSSR count). The van der Waals surface area contributed by atoms with Crippen molar-refractivity contribution in [2.75, 3.05) is 6.54 Å². The van der Waals surface area contributed by atoms with E-state index >= 15 is 0 Å². The van der Waals surface area contributed by atoms with Gasteiger partial charge < -0.3 is 15.7 Å². The van der Waals surface area contributed by atoms with E-state index in [9.17, 15) is 19.5 Å². The Morgan fingerprint density at radius 3 is 2.14 bits per heavy atom. The van der Waals surface area contributed by atoms with Crippen LogP contribution in [0.4, 0.5) is 0 Å². The number of carbonyl (C=O) groups excluding carboxylic acids is 2. The molecule has 0 aromatic rings. The maximum atomic E-state index is 12.4. The highest BCUT2D eigenvalue weighted by Gasteiger charge is 2.37. The Balaban J connectivity index is 2.73. The first kappa shape index (κ1) is 18.5. The van der Waals surface area contributed by atoms with E-state index < -0.39 is 17.4 Å². The van der Waals surface area contributed by atoms with Crippen LogP contribution >= 0.6 is 0 Å². The lowest BCUT2D eigenvalue weighted by Crippen LogP contribution is -2.52. The predicted molar refractivity (Wildman–Crippen MR) is 83.2 cm³/mol. The van der Waals surface area contributed by atoms with Gasteiger partial charge in [-0.05, 0) is 31.6 Å². The lowest BCUT2D eigenvalue weighted by atomic mass is 9.82. The molecular formula is C16H28N2O4. The molecule has 1 unspecified atom stereocenters. The molecule has 22 heavy (non-hydrogen) atoms. The van der Waals surface area contributed by atoms with Gasteiger partial charge in [0.1, 0.15) is 6.04 Å². The summed E-state index contributed by atoms with van der Waals surface area (Å²) < 4.78 is 0. The maximum absolute atomic E-state index is 12.4. The van der Waals surface area contributed by atoms with Gasteiger partial charge in [0.2, 0.25) is 11.8 Å². The van der Waals surface area contributed by atoms with Gasteiger partial charge >= 0.3 is 5.97 Å². The molecule has 6 nitrogen and oxygen atoms in total. The van der Waals surface area contributed by atoms with E-state index in [1.165, 1.54) is 6.92 Å². The predicted octanol–water partition coefficient (Wildman–Crippen LogP) is 1.69. The largest absolute Gasteiger partial charge is 0.481 e. The normalized spacial score (nSPS) is 17.0. The van der Waals surface area contributed by atoms with Crippen molar-refractivity contribution in [3.05, 3.63) is 0 Å². The van der Waals surface area contributed by atoms with Gasteiger partial charge in [-0.3, -0.25) is 14.4 Å². The van der Waals surface area contributed by atoms with Crippen molar-refractivity contribution < 1.29 is 19.5 Å². The minimum Gasteiger partial charge on any atom is -0.481 e. The third-order valence-electron chi connectivity index (χ3n) is 4.92. The summed E-state index contributed by atoms with van der Waals surface area (Å²) >= 11 is 0. The zero-order valence-electron chi connectivity index (χ0n) is 13.8. The number of nitrogens with one attached hydrogen (secondary N) is 2. The monoisotopic (exact) mass is 312 g/mol. The molecule has 0 radical (unpaired) electrons. The van der Waals surface area contributed by atoms with Crippen LogP contribution in [0.1, 0.15) is 59.3 Å². The highest BCUT2D eigenvalue weighted by molar-refractivity contribution is 5.87. The molecule has 1 atom stereocenters. The molecule has 2 amide bonds. The number of hydrogen-bond donors (Lipinski definition) is 3. The summed E-state index contributed by atoms with van der Waals surface area (Å²) in [6.45, 7) is 5.12. The van der Waals surface area contributed by atoms with Crippen LogP contribution in [0.5, 0.6) is 0 Å². The third kappa shape index (κ3) is 4.45. The van der Waals surface area contributed by atoms with Gasteiger partial charge in [-0.1, -0.05) is 26.7 Å². The first-order valence-corrected chi connectivity index (χ1v) is 8.14. The average molecular weight is 312 g/mol. The van der Waals surface area contributed by atoms with Crippen LogP contribution in [0.15, 0.2) is 0 Å². The van der Waals surface area contributed by atoms with Crippen molar-refractivity contribution in [3.63, 3.8) is 0 Å². The van der Waals surface area contributed by atoms with E-state index in [1.54, 1.807) is 0 Å². The van der Waals surface area contributed by atoms with E-state index in [4.69, 9.17) is 0 Å². The van der Waals surface area contributed by atoms with Gasteiger partial charge in [-0.15, -0.1) is 0 Å². The standard InChI is InChI=1S/C16H28N2O4/c1-4-16(5-2,15(21)22)10-17-14(20)13(18-11(3)19)12-8-6-7-9-12/h12-13H,4-10H2,1-3H3,(H,17,20)(H,18,19)(H,21,22). The Morgan fingerprint density at radius 2 is 1.73 bits per heavy atom. The van der Waals surface area contributed by atoms with Crippen molar-refractivity contribution in [1.29, 1.82) is 0 Å². The summed E-state index contributed by atoms with van der Waals surface area (Å²) in [5.41, 5.74) is -0.938. The van der Waals surface area contributed by atoms with Crippen LogP contribution < -0.4 is 10.6 Å². The number of hydrogen-bond acceptors (Lipinski definition) is 3. The van der Waals surface area contributed by atoms with Crippen molar-refractivity contribution in [2.45, 2.75) is 65.3 Å². The smallest absolute Gasteiger partial charge is 0.311 e. The van der Waals surface area contributed by atoms with Crippen molar-refractivity contribution >= 4 is 17.8 Å². The number of amides is 2. The number of rotatable bonds is 8. The van der Waals surface area contributed by atoms with Gasteiger partial charge in [-0.2, -0.15) is 0 Å². The third-order valence-corrected chi connectivity index (χ3v) is 4.92. The van der Waals surface area contributed by atoms with Gasteiger partial charge in [0.25, 0.3) is 0 Å². The van der Waals surface area contributed by atoms with E-state index in [1.807, 2.05) is 13.8 Å². The van der Waals surface area contributed by atoms with Crippen molar-refractivity contribution in [1.82, 2.24) is 10.6 Å². The Hall–Kier alpha value is -1.59. The van der Waals surface area contributed by atoms with Crippen molar-refractivity contribution in [3.8, 4) is 0 Å².